The van der Waals surface area contributed by atoms with Crippen LogP contribution in [0.15, 0.2) is 0 Å². The van der Waals surface area contributed by atoms with Crippen LogP contribution in [-0.2, 0) is 4.79 Å². The van der Waals surface area contributed by atoms with Gasteiger partial charge in [0.1, 0.15) is 5.54 Å². The summed E-state index contributed by atoms with van der Waals surface area (Å²) in [6.07, 6.45) is 1.04. The highest BCUT2D eigenvalue weighted by Gasteiger charge is 2.33. The normalized spacial score (nSPS) is 15.1. The van der Waals surface area contributed by atoms with Crippen molar-refractivity contribution in [3.8, 4) is 0 Å². The highest BCUT2D eigenvalue weighted by molar-refractivity contribution is 5.78. The standard InChI is InChI=1S/C13H29N3O2/c1-6-8-16(10-9-15(4)5)11-13(3,12(17)18)14-7-2/h14H,6-11H2,1-5H3,(H,17,18). The zero-order valence-electron chi connectivity index (χ0n) is 12.5. The van der Waals surface area contributed by atoms with E-state index >= 15 is 0 Å². The van der Waals surface area contributed by atoms with Crippen molar-refractivity contribution in [3.63, 3.8) is 0 Å². The van der Waals surface area contributed by atoms with Crippen LogP contribution in [-0.4, -0.2) is 73.2 Å². The van der Waals surface area contributed by atoms with Crippen LogP contribution in [0, 0.1) is 0 Å². The minimum absolute atomic E-state index is 0.540. The topological polar surface area (TPSA) is 55.8 Å². The quantitative estimate of drug-likeness (QED) is 0.605. The summed E-state index contributed by atoms with van der Waals surface area (Å²) >= 11 is 0. The first kappa shape index (κ1) is 17.4. The van der Waals surface area contributed by atoms with Gasteiger partial charge in [-0.15, -0.1) is 0 Å². The zero-order chi connectivity index (χ0) is 14.2. The molecule has 0 aromatic heterocycles. The first-order chi connectivity index (χ1) is 8.35. The highest BCUT2D eigenvalue weighted by atomic mass is 16.4. The second-order valence-corrected chi connectivity index (χ2v) is 5.25. The third-order valence-corrected chi connectivity index (χ3v) is 2.98. The maximum absolute atomic E-state index is 11.4. The summed E-state index contributed by atoms with van der Waals surface area (Å²) in [4.78, 5) is 15.7. The van der Waals surface area contributed by atoms with Gasteiger partial charge in [-0.3, -0.25) is 9.69 Å². The molecule has 2 N–H and O–H groups in total. The molecule has 0 radical (unpaired) electrons. The van der Waals surface area contributed by atoms with Crippen molar-refractivity contribution in [1.82, 2.24) is 15.1 Å². The third kappa shape index (κ3) is 6.33. The van der Waals surface area contributed by atoms with Gasteiger partial charge in [0.15, 0.2) is 0 Å². The second kappa shape index (κ2) is 8.45. The van der Waals surface area contributed by atoms with E-state index in [2.05, 4.69) is 22.0 Å². The van der Waals surface area contributed by atoms with Crippen molar-refractivity contribution in [1.29, 1.82) is 0 Å². The monoisotopic (exact) mass is 259 g/mol. The molecule has 0 heterocycles. The van der Waals surface area contributed by atoms with Gasteiger partial charge in [0, 0.05) is 19.6 Å². The van der Waals surface area contributed by atoms with E-state index in [4.69, 9.17) is 0 Å². The molecule has 0 fully saturated rings. The average Bonchev–Trinajstić information content (AvgIpc) is 2.26. The molecule has 0 saturated carbocycles. The molecule has 0 saturated heterocycles. The Balaban J connectivity index is 4.55. The van der Waals surface area contributed by atoms with Crippen LogP contribution in [0.3, 0.4) is 0 Å². The largest absolute Gasteiger partial charge is 0.480 e. The van der Waals surface area contributed by atoms with Gasteiger partial charge < -0.3 is 15.3 Å². The second-order valence-electron chi connectivity index (χ2n) is 5.25. The molecule has 108 valence electrons. The molecule has 0 aromatic carbocycles. The van der Waals surface area contributed by atoms with Crippen LogP contribution >= 0.6 is 0 Å². The lowest BCUT2D eigenvalue weighted by Crippen LogP contribution is -2.57. The van der Waals surface area contributed by atoms with Crippen LogP contribution in [0.2, 0.25) is 0 Å². The Morgan fingerprint density at radius 1 is 1.22 bits per heavy atom. The Morgan fingerprint density at radius 3 is 2.22 bits per heavy atom. The molecule has 0 bridgehead atoms. The molecule has 5 nitrogen and oxygen atoms in total. The summed E-state index contributed by atoms with van der Waals surface area (Å²) in [7, 11) is 4.07. The number of carboxylic acid groups (broad SMARTS) is 1. The van der Waals surface area contributed by atoms with Crippen LogP contribution in [0.4, 0.5) is 0 Å². The lowest BCUT2D eigenvalue weighted by Gasteiger charge is -2.33. The average molecular weight is 259 g/mol. The molecule has 1 unspecified atom stereocenters. The minimum atomic E-state index is -0.865. The van der Waals surface area contributed by atoms with E-state index in [0.29, 0.717) is 13.1 Å². The van der Waals surface area contributed by atoms with E-state index in [-0.39, 0.29) is 0 Å². The molecular formula is C13H29N3O2. The summed E-state index contributed by atoms with van der Waals surface area (Å²) in [6.45, 7) is 9.80. The van der Waals surface area contributed by atoms with Gasteiger partial charge in [0.2, 0.25) is 0 Å². The molecule has 1 atom stereocenters. The molecule has 0 aromatic rings. The van der Waals surface area contributed by atoms with Crippen molar-refractivity contribution in [3.05, 3.63) is 0 Å². The Labute approximate surface area is 111 Å². The summed E-state index contributed by atoms with van der Waals surface area (Å²) < 4.78 is 0. The minimum Gasteiger partial charge on any atom is -0.480 e. The predicted octanol–water partition coefficient (Wildman–Crippen LogP) is 0.713. The van der Waals surface area contributed by atoms with Crippen molar-refractivity contribution in [2.24, 2.45) is 0 Å². The fourth-order valence-electron chi connectivity index (χ4n) is 1.96. The van der Waals surface area contributed by atoms with Crippen molar-refractivity contribution >= 4 is 5.97 Å². The number of carboxylic acids is 1. The van der Waals surface area contributed by atoms with Gasteiger partial charge in [-0.05, 0) is 40.5 Å². The molecule has 0 spiro atoms. The SMILES string of the molecule is CCCN(CCN(C)C)CC(C)(NCC)C(=O)O. The van der Waals surface area contributed by atoms with Gasteiger partial charge in [-0.25, -0.2) is 0 Å². The fourth-order valence-corrected chi connectivity index (χ4v) is 1.96. The molecule has 0 rings (SSSR count). The summed E-state index contributed by atoms with van der Waals surface area (Å²) in [6, 6.07) is 0. The first-order valence-electron chi connectivity index (χ1n) is 6.71. The molecule has 5 heteroatoms. The Morgan fingerprint density at radius 2 is 1.83 bits per heavy atom. The lowest BCUT2D eigenvalue weighted by molar-refractivity contribution is -0.145. The zero-order valence-corrected chi connectivity index (χ0v) is 12.5. The predicted molar refractivity (Wildman–Crippen MR) is 75.0 cm³/mol. The molecule has 0 aliphatic rings. The number of hydrogen-bond acceptors (Lipinski definition) is 4. The van der Waals surface area contributed by atoms with Crippen LogP contribution in [0.5, 0.6) is 0 Å². The van der Waals surface area contributed by atoms with Crippen LogP contribution in [0.25, 0.3) is 0 Å². The number of nitrogens with zero attached hydrogens (tertiary/aromatic N) is 2. The maximum Gasteiger partial charge on any atom is 0.324 e. The van der Waals surface area contributed by atoms with E-state index < -0.39 is 11.5 Å². The van der Waals surface area contributed by atoms with Crippen molar-refractivity contribution < 1.29 is 9.90 Å². The molecule has 0 aliphatic heterocycles. The molecule has 0 amide bonds. The van der Waals surface area contributed by atoms with Crippen molar-refractivity contribution in [2.45, 2.75) is 32.7 Å². The highest BCUT2D eigenvalue weighted by Crippen LogP contribution is 2.08. The Hall–Kier alpha value is -0.650. The summed E-state index contributed by atoms with van der Waals surface area (Å²) in [5, 5.41) is 12.4. The summed E-state index contributed by atoms with van der Waals surface area (Å²) in [5.74, 6) is -0.782. The smallest absolute Gasteiger partial charge is 0.324 e. The van der Waals surface area contributed by atoms with E-state index in [1.54, 1.807) is 6.92 Å². The molecular weight excluding hydrogens is 230 g/mol. The van der Waals surface area contributed by atoms with Gasteiger partial charge >= 0.3 is 5.97 Å². The van der Waals surface area contributed by atoms with Crippen molar-refractivity contribution in [2.75, 3.05) is 46.8 Å². The van der Waals surface area contributed by atoms with Gasteiger partial charge in [0.05, 0.1) is 0 Å². The number of likely N-dealkylation sites (N-methyl/N-ethyl adjacent to an activating group) is 2. The number of aliphatic carboxylic acids is 1. The van der Waals surface area contributed by atoms with E-state index in [1.807, 2.05) is 21.0 Å². The number of carbonyl (C=O) groups is 1. The van der Waals surface area contributed by atoms with Gasteiger partial charge in [-0.2, -0.15) is 0 Å². The Bertz CT molecular complexity index is 246. The van der Waals surface area contributed by atoms with E-state index in [0.717, 1.165) is 26.1 Å². The number of hydrogen-bond donors (Lipinski definition) is 2. The maximum atomic E-state index is 11.4. The number of rotatable bonds is 10. The summed E-state index contributed by atoms with van der Waals surface area (Å²) in [5.41, 5.74) is -0.865. The first-order valence-corrected chi connectivity index (χ1v) is 6.71. The van der Waals surface area contributed by atoms with E-state index in [1.165, 1.54) is 0 Å². The van der Waals surface area contributed by atoms with Gasteiger partial charge in [0.25, 0.3) is 0 Å². The van der Waals surface area contributed by atoms with Gasteiger partial charge in [-0.1, -0.05) is 13.8 Å². The van der Waals surface area contributed by atoms with Crippen LogP contribution < -0.4 is 5.32 Å². The third-order valence-electron chi connectivity index (χ3n) is 2.98. The fraction of sp³-hybridized carbons (Fsp3) is 0.923. The van der Waals surface area contributed by atoms with Crippen LogP contribution in [0.1, 0.15) is 27.2 Å². The number of nitrogens with one attached hydrogen (secondary N) is 1. The Kier molecular flexibility index (Phi) is 8.15. The molecule has 18 heavy (non-hydrogen) atoms. The molecule has 0 aliphatic carbocycles. The lowest BCUT2D eigenvalue weighted by atomic mass is 10.0. The van der Waals surface area contributed by atoms with E-state index in [9.17, 15) is 9.90 Å².